The zero-order chi connectivity index (χ0) is 14.5. The van der Waals surface area contributed by atoms with Gasteiger partial charge in [-0.15, -0.1) is 0 Å². The average molecular weight is 287 g/mol. The van der Waals surface area contributed by atoms with Crippen molar-refractivity contribution < 1.29 is 8.42 Å². The molecule has 1 aromatic rings. The van der Waals surface area contributed by atoms with E-state index in [0.717, 1.165) is 12.1 Å². The lowest BCUT2D eigenvalue weighted by atomic mass is 10.1. The maximum Gasteiger partial charge on any atom is 0.150 e. The van der Waals surface area contributed by atoms with Crippen LogP contribution in [0.5, 0.6) is 0 Å². The summed E-state index contributed by atoms with van der Waals surface area (Å²) in [5.41, 5.74) is 1.20. The van der Waals surface area contributed by atoms with Crippen LogP contribution in [-0.2, 0) is 22.9 Å². The molecule has 0 aliphatic carbocycles. The van der Waals surface area contributed by atoms with Crippen molar-refractivity contribution in [2.75, 3.05) is 11.5 Å². The highest BCUT2D eigenvalue weighted by Crippen LogP contribution is 2.04. The molecule has 0 radical (unpaired) electrons. The standard InChI is InChI=1S/C13H25N3O2S/c1-5-19(17,18)8-6-7-16-11-12(10-15-16)9-14-13(2,3)4/h10-11,14H,5-9H2,1-4H3. The third-order valence-electron chi connectivity index (χ3n) is 2.79. The van der Waals surface area contributed by atoms with Crippen LogP contribution in [0.1, 0.15) is 39.7 Å². The number of nitrogens with one attached hydrogen (secondary N) is 1. The molecule has 0 saturated heterocycles. The Labute approximate surface area is 116 Å². The Hall–Kier alpha value is -0.880. The van der Waals surface area contributed by atoms with Crippen molar-refractivity contribution in [3.63, 3.8) is 0 Å². The summed E-state index contributed by atoms with van der Waals surface area (Å²) < 4.78 is 24.5. The molecule has 1 N–H and O–H groups in total. The maximum atomic E-state index is 11.4. The number of nitrogens with zero attached hydrogens (tertiary/aromatic N) is 2. The largest absolute Gasteiger partial charge is 0.308 e. The molecule has 0 saturated carbocycles. The Bertz CT molecular complexity index is 486. The highest BCUT2D eigenvalue weighted by molar-refractivity contribution is 7.91. The van der Waals surface area contributed by atoms with Crippen LogP contribution in [0.4, 0.5) is 0 Å². The van der Waals surface area contributed by atoms with E-state index in [1.54, 1.807) is 6.92 Å². The molecular weight excluding hydrogens is 262 g/mol. The summed E-state index contributed by atoms with van der Waals surface area (Å²) in [6.45, 7) is 9.46. The van der Waals surface area contributed by atoms with Gasteiger partial charge in [0.05, 0.1) is 11.9 Å². The van der Waals surface area contributed by atoms with E-state index in [-0.39, 0.29) is 17.0 Å². The minimum Gasteiger partial charge on any atom is -0.308 e. The van der Waals surface area contributed by atoms with Gasteiger partial charge in [0, 0.05) is 36.1 Å². The summed E-state index contributed by atoms with van der Waals surface area (Å²) in [6.07, 6.45) is 4.41. The second kappa shape index (κ2) is 6.52. The third-order valence-corrected chi connectivity index (χ3v) is 4.58. The average Bonchev–Trinajstić information content (AvgIpc) is 2.73. The van der Waals surface area contributed by atoms with Crippen molar-refractivity contribution in [1.29, 1.82) is 0 Å². The first-order valence-corrected chi connectivity index (χ1v) is 8.51. The molecule has 0 bridgehead atoms. The maximum absolute atomic E-state index is 11.4. The monoisotopic (exact) mass is 287 g/mol. The number of rotatable bonds is 7. The predicted octanol–water partition coefficient (Wildman–Crippen LogP) is 1.60. The fraction of sp³-hybridized carbons (Fsp3) is 0.769. The summed E-state index contributed by atoms with van der Waals surface area (Å²) in [5, 5.41) is 7.64. The van der Waals surface area contributed by atoms with E-state index < -0.39 is 9.84 Å². The lowest BCUT2D eigenvalue weighted by Crippen LogP contribution is -2.34. The topological polar surface area (TPSA) is 64.0 Å². The molecule has 0 fully saturated rings. The molecule has 0 spiro atoms. The zero-order valence-corrected chi connectivity index (χ0v) is 13.1. The smallest absolute Gasteiger partial charge is 0.150 e. The molecule has 0 amide bonds. The first kappa shape index (κ1) is 16.2. The normalized spacial score (nSPS) is 12.8. The molecule has 1 aromatic heterocycles. The van der Waals surface area contributed by atoms with E-state index in [0.29, 0.717) is 13.0 Å². The van der Waals surface area contributed by atoms with Crippen molar-refractivity contribution in [2.45, 2.75) is 52.7 Å². The number of hydrogen-bond donors (Lipinski definition) is 1. The minimum absolute atomic E-state index is 0.0807. The molecule has 1 rings (SSSR count). The van der Waals surface area contributed by atoms with Gasteiger partial charge < -0.3 is 5.32 Å². The van der Waals surface area contributed by atoms with Gasteiger partial charge in [-0.2, -0.15) is 5.10 Å². The minimum atomic E-state index is -2.87. The molecule has 0 aliphatic heterocycles. The second-order valence-electron chi connectivity index (χ2n) is 5.81. The van der Waals surface area contributed by atoms with Gasteiger partial charge in [0.2, 0.25) is 0 Å². The van der Waals surface area contributed by atoms with Crippen LogP contribution in [0.3, 0.4) is 0 Å². The molecule has 0 aliphatic rings. The molecular formula is C13H25N3O2S. The van der Waals surface area contributed by atoms with Crippen LogP contribution in [0.15, 0.2) is 12.4 Å². The van der Waals surface area contributed by atoms with Crippen molar-refractivity contribution in [2.24, 2.45) is 0 Å². The Balaban J connectivity index is 2.39. The number of aromatic nitrogens is 2. The van der Waals surface area contributed by atoms with E-state index >= 15 is 0 Å². The van der Waals surface area contributed by atoms with E-state index in [4.69, 9.17) is 0 Å². The fourth-order valence-corrected chi connectivity index (χ4v) is 2.44. The lowest BCUT2D eigenvalue weighted by Gasteiger charge is -2.19. The van der Waals surface area contributed by atoms with Gasteiger partial charge in [-0.25, -0.2) is 8.42 Å². The molecule has 110 valence electrons. The highest BCUT2D eigenvalue weighted by Gasteiger charge is 2.10. The molecule has 0 atom stereocenters. The first-order valence-electron chi connectivity index (χ1n) is 6.68. The van der Waals surface area contributed by atoms with Gasteiger partial charge in [0.1, 0.15) is 9.84 Å². The van der Waals surface area contributed by atoms with Crippen LogP contribution >= 0.6 is 0 Å². The van der Waals surface area contributed by atoms with E-state index in [2.05, 4.69) is 31.2 Å². The first-order chi connectivity index (χ1) is 8.72. The number of hydrogen-bond acceptors (Lipinski definition) is 4. The Morgan fingerprint density at radius 1 is 1.37 bits per heavy atom. The molecule has 1 heterocycles. The van der Waals surface area contributed by atoms with E-state index in [1.165, 1.54) is 0 Å². The molecule has 19 heavy (non-hydrogen) atoms. The van der Waals surface area contributed by atoms with Crippen molar-refractivity contribution in [3.8, 4) is 0 Å². The van der Waals surface area contributed by atoms with Gasteiger partial charge in [0.25, 0.3) is 0 Å². The Kier molecular flexibility index (Phi) is 5.55. The van der Waals surface area contributed by atoms with Crippen LogP contribution in [0.25, 0.3) is 0 Å². The van der Waals surface area contributed by atoms with E-state index in [9.17, 15) is 8.42 Å². The number of sulfone groups is 1. The molecule has 5 nitrogen and oxygen atoms in total. The molecule has 0 aromatic carbocycles. The lowest BCUT2D eigenvalue weighted by molar-refractivity contribution is 0.424. The summed E-state index contributed by atoms with van der Waals surface area (Å²) in [5.74, 6) is 0.450. The number of aryl methyl sites for hydroxylation is 1. The van der Waals surface area contributed by atoms with E-state index in [1.807, 2.05) is 17.1 Å². The van der Waals surface area contributed by atoms with Crippen molar-refractivity contribution >= 4 is 9.84 Å². The van der Waals surface area contributed by atoms with Crippen LogP contribution < -0.4 is 5.32 Å². The summed E-state index contributed by atoms with van der Waals surface area (Å²) in [7, 11) is -2.87. The third kappa shape index (κ3) is 6.73. The van der Waals surface area contributed by atoms with Crippen molar-refractivity contribution in [1.82, 2.24) is 15.1 Å². The van der Waals surface area contributed by atoms with Gasteiger partial charge in [-0.05, 0) is 27.2 Å². The quantitative estimate of drug-likeness (QED) is 0.827. The van der Waals surface area contributed by atoms with Gasteiger partial charge in [-0.1, -0.05) is 6.92 Å². The van der Waals surface area contributed by atoms with Gasteiger partial charge >= 0.3 is 0 Å². The van der Waals surface area contributed by atoms with Crippen molar-refractivity contribution in [3.05, 3.63) is 18.0 Å². The SMILES string of the molecule is CCS(=O)(=O)CCCn1cc(CNC(C)(C)C)cn1. The van der Waals surface area contributed by atoms with Gasteiger partial charge in [-0.3, -0.25) is 4.68 Å². The second-order valence-corrected chi connectivity index (χ2v) is 8.28. The predicted molar refractivity (Wildman–Crippen MR) is 77.8 cm³/mol. The molecule has 6 heteroatoms. The summed E-state index contributed by atoms with van der Waals surface area (Å²) in [4.78, 5) is 0. The molecule has 0 unspecified atom stereocenters. The zero-order valence-electron chi connectivity index (χ0n) is 12.3. The fourth-order valence-electron chi connectivity index (χ4n) is 1.58. The van der Waals surface area contributed by atoms with Gasteiger partial charge in [0.15, 0.2) is 0 Å². The van der Waals surface area contributed by atoms with Crippen LogP contribution in [0, 0.1) is 0 Å². The highest BCUT2D eigenvalue weighted by atomic mass is 32.2. The van der Waals surface area contributed by atoms with Crippen LogP contribution in [-0.4, -0.2) is 35.2 Å². The summed E-state index contributed by atoms with van der Waals surface area (Å²) >= 11 is 0. The van der Waals surface area contributed by atoms with Crippen LogP contribution in [0.2, 0.25) is 0 Å². The Morgan fingerprint density at radius 3 is 2.63 bits per heavy atom. The Morgan fingerprint density at radius 2 is 2.05 bits per heavy atom. The summed E-state index contributed by atoms with van der Waals surface area (Å²) in [6, 6.07) is 0.